The molecule has 0 aliphatic carbocycles. The Bertz CT molecular complexity index is 1280. The van der Waals surface area contributed by atoms with E-state index in [1.807, 2.05) is 59.6 Å². The van der Waals surface area contributed by atoms with Crippen molar-refractivity contribution in [3.63, 3.8) is 0 Å². The molecule has 3 aliphatic rings. The number of fused-ring (bicyclic) bond motifs is 2. The highest BCUT2D eigenvalue weighted by molar-refractivity contribution is 6.31. The number of H-pyrrole nitrogens is 1. The van der Waals surface area contributed by atoms with Gasteiger partial charge in [-0.25, -0.2) is 0 Å². The third kappa shape index (κ3) is 3.28. The van der Waals surface area contributed by atoms with Gasteiger partial charge in [0.05, 0.1) is 24.5 Å². The molecule has 0 unspecified atom stereocenters. The van der Waals surface area contributed by atoms with Crippen molar-refractivity contribution in [2.75, 3.05) is 13.1 Å². The molecule has 0 radical (unpaired) electrons. The number of para-hydroxylation sites is 1. The number of hydrogen-bond donors (Lipinski definition) is 2. The van der Waals surface area contributed by atoms with Crippen LogP contribution in [0.15, 0.2) is 66.9 Å². The van der Waals surface area contributed by atoms with E-state index < -0.39 is 17.4 Å². The second-order valence-electron chi connectivity index (χ2n) is 9.08. The number of carbonyl (C=O) groups excluding carboxylic acids is 2. The number of rotatable bonds is 6. The first kappa shape index (κ1) is 20.5. The molecule has 33 heavy (non-hydrogen) atoms. The number of halogens is 1. The maximum absolute atomic E-state index is 13.4. The monoisotopic (exact) mass is 461 g/mol. The molecular formula is C26H24ClN3O3. The summed E-state index contributed by atoms with van der Waals surface area (Å²) in [7, 11) is 0. The molecule has 2 amide bonds. The lowest BCUT2D eigenvalue weighted by Gasteiger charge is -2.23. The van der Waals surface area contributed by atoms with Crippen LogP contribution in [0.1, 0.15) is 11.1 Å². The number of carbonyl (C=O) groups is 2. The SMILES string of the molecule is O=C(NCc1ccccc1Cl)[C@@H]1[C@@H]2C=C[C@@]3(CN(CCc4c[nH]c5ccccc45)C(=O)[C@@H]13)O2. The molecule has 0 saturated carbocycles. The summed E-state index contributed by atoms with van der Waals surface area (Å²) in [6.45, 7) is 1.40. The van der Waals surface area contributed by atoms with Gasteiger partial charge in [0.1, 0.15) is 5.60 Å². The molecule has 2 N–H and O–H groups in total. The number of nitrogens with one attached hydrogen (secondary N) is 2. The Hall–Kier alpha value is -3.09. The lowest BCUT2D eigenvalue weighted by atomic mass is 9.77. The van der Waals surface area contributed by atoms with Crippen LogP contribution in [0.2, 0.25) is 5.02 Å². The average Bonchev–Trinajstić information content (AvgIpc) is 3.57. The highest BCUT2D eigenvalue weighted by Crippen LogP contribution is 2.51. The van der Waals surface area contributed by atoms with E-state index in [0.29, 0.717) is 24.7 Å². The van der Waals surface area contributed by atoms with Crippen LogP contribution in [0.3, 0.4) is 0 Å². The van der Waals surface area contributed by atoms with Gasteiger partial charge >= 0.3 is 0 Å². The number of ether oxygens (including phenoxy) is 1. The van der Waals surface area contributed by atoms with Crippen molar-refractivity contribution < 1.29 is 14.3 Å². The number of hydrogen-bond acceptors (Lipinski definition) is 3. The highest BCUT2D eigenvalue weighted by Gasteiger charge is 2.66. The summed E-state index contributed by atoms with van der Waals surface area (Å²) < 4.78 is 6.23. The fraction of sp³-hybridized carbons (Fsp3) is 0.308. The van der Waals surface area contributed by atoms with Gasteiger partial charge in [0.2, 0.25) is 11.8 Å². The number of nitrogens with zero attached hydrogens (tertiary/aromatic N) is 1. The molecule has 6 rings (SSSR count). The molecule has 3 aromatic rings. The largest absolute Gasteiger partial charge is 0.361 e. The zero-order valence-electron chi connectivity index (χ0n) is 18.0. The minimum Gasteiger partial charge on any atom is -0.361 e. The fourth-order valence-electron chi connectivity index (χ4n) is 5.60. The zero-order valence-corrected chi connectivity index (χ0v) is 18.7. The Morgan fingerprint density at radius 2 is 2.00 bits per heavy atom. The smallest absolute Gasteiger partial charge is 0.230 e. The van der Waals surface area contributed by atoms with E-state index in [1.54, 1.807) is 6.07 Å². The quantitative estimate of drug-likeness (QED) is 0.552. The van der Waals surface area contributed by atoms with Crippen LogP contribution in [0.5, 0.6) is 0 Å². The van der Waals surface area contributed by atoms with Crippen molar-refractivity contribution in [3.8, 4) is 0 Å². The summed E-state index contributed by atoms with van der Waals surface area (Å²) >= 11 is 6.22. The second-order valence-corrected chi connectivity index (χ2v) is 9.49. The Balaban J connectivity index is 1.17. The summed E-state index contributed by atoms with van der Waals surface area (Å²) in [5, 5.41) is 4.76. The number of amides is 2. The second kappa shape index (κ2) is 7.75. The highest BCUT2D eigenvalue weighted by atomic mass is 35.5. The molecular weight excluding hydrogens is 438 g/mol. The van der Waals surface area contributed by atoms with Gasteiger partial charge in [-0.05, 0) is 29.7 Å². The van der Waals surface area contributed by atoms with Gasteiger partial charge < -0.3 is 19.9 Å². The summed E-state index contributed by atoms with van der Waals surface area (Å²) in [6.07, 6.45) is 6.32. The molecule has 4 atom stereocenters. The van der Waals surface area contributed by atoms with Gasteiger partial charge in [0, 0.05) is 35.2 Å². The molecule has 2 bridgehead atoms. The normalized spacial score (nSPS) is 27.5. The maximum Gasteiger partial charge on any atom is 0.230 e. The first-order chi connectivity index (χ1) is 16.1. The van der Waals surface area contributed by atoms with E-state index in [1.165, 1.54) is 10.9 Å². The van der Waals surface area contributed by atoms with Gasteiger partial charge in [-0.1, -0.05) is 60.2 Å². The van der Waals surface area contributed by atoms with Crippen LogP contribution >= 0.6 is 11.6 Å². The van der Waals surface area contributed by atoms with Gasteiger partial charge in [-0.3, -0.25) is 9.59 Å². The summed E-state index contributed by atoms with van der Waals surface area (Å²) in [5.74, 6) is -1.17. The lowest BCUT2D eigenvalue weighted by Crippen LogP contribution is -2.44. The molecule has 4 heterocycles. The molecule has 6 nitrogen and oxygen atoms in total. The number of likely N-dealkylation sites (tertiary alicyclic amines) is 1. The maximum atomic E-state index is 13.4. The van der Waals surface area contributed by atoms with Crippen molar-refractivity contribution >= 4 is 34.3 Å². The zero-order chi connectivity index (χ0) is 22.6. The molecule has 1 spiro atoms. The number of aromatic nitrogens is 1. The van der Waals surface area contributed by atoms with Crippen molar-refractivity contribution in [2.45, 2.75) is 24.7 Å². The van der Waals surface area contributed by atoms with E-state index in [-0.39, 0.29) is 17.9 Å². The van der Waals surface area contributed by atoms with Gasteiger partial charge in [0.15, 0.2) is 0 Å². The molecule has 168 valence electrons. The predicted molar refractivity (Wildman–Crippen MR) is 126 cm³/mol. The van der Waals surface area contributed by atoms with Gasteiger partial charge in [0.25, 0.3) is 0 Å². The van der Waals surface area contributed by atoms with E-state index in [2.05, 4.69) is 16.4 Å². The molecule has 7 heteroatoms. The first-order valence-corrected chi connectivity index (χ1v) is 11.7. The third-order valence-corrected chi connectivity index (χ3v) is 7.59. The van der Waals surface area contributed by atoms with Crippen molar-refractivity contribution in [1.29, 1.82) is 0 Å². The number of aromatic amines is 1. The minimum atomic E-state index is -0.700. The van der Waals surface area contributed by atoms with Crippen LogP contribution in [-0.4, -0.2) is 46.5 Å². The summed E-state index contributed by atoms with van der Waals surface area (Å²) in [5.41, 5.74) is 2.42. The standard InChI is InChI=1S/C26H24ClN3O3/c27-19-7-3-1-5-17(19)14-29-24(31)22-21-9-11-26(33-21)15-30(25(32)23(22)26)12-10-16-13-28-20-8-4-2-6-18(16)20/h1-9,11,13,21-23,28H,10,12,14-15H2,(H,29,31)/t21-,22+,23+,26-/m0/s1. The number of benzene rings is 2. The predicted octanol–water partition coefficient (Wildman–Crippen LogP) is 3.46. The van der Waals surface area contributed by atoms with Crippen LogP contribution in [0.4, 0.5) is 0 Å². The molecule has 3 aliphatic heterocycles. The Labute approximate surface area is 196 Å². The summed E-state index contributed by atoms with van der Waals surface area (Å²) in [4.78, 5) is 31.7. The van der Waals surface area contributed by atoms with Crippen molar-refractivity contribution in [1.82, 2.24) is 15.2 Å². The molecule has 1 aromatic heterocycles. The van der Waals surface area contributed by atoms with Gasteiger partial charge in [-0.2, -0.15) is 0 Å². The van der Waals surface area contributed by atoms with Crippen LogP contribution in [0.25, 0.3) is 10.9 Å². The Morgan fingerprint density at radius 3 is 2.88 bits per heavy atom. The lowest BCUT2D eigenvalue weighted by molar-refractivity contribution is -0.137. The molecule has 2 fully saturated rings. The Morgan fingerprint density at radius 1 is 1.18 bits per heavy atom. The molecule has 2 saturated heterocycles. The first-order valence-electron chi connectivity index (χ1n) is 11.3. The van der Waals surface area contributed by atoms with Crippen molar-refractivity contribution in [3.05, 3.63) is 83.0 Å². The van der Waals surface area contributed by atoms with Crippen LogP contribution in [0, 0.1) is 11.8 Å². The van der Waals surface area contributed by atoms with Crippen LogP contribution in [-0.2, 0) is 27.3 Å². The van der Waals surface area contributed by atoms with E-state index >= 15 is 0 Å². The van der Waals surface area contributed by atoms with E-state index in [4.69, 9.17) is 16.3 Å². The average molecular weight is 462 g/mol. The Kier molecular flexibility index (Phi) is 4.82. The molecule has 2 aromatic carbocycles. The topological polar surface area (TPSA) is 74.4 Å². The van der Waals surface area contributed by atoms with E-state index in [9.17, 15) is 9.59 Å². The van der Waals surface area contributed by atoms with E-state index in [0.717, 1.165) is 17.5 Å². The third-order valence-electron chi connectivity index (χ3n) is 7.22. The summed E-state index contributed by atoms with van der Waals surface area (Å²) in [6, 6.07) is 15.6. The van der Waals surface area contributed by atoms with Gasteiger partial charge in [-0.15, -0.1) is 0 Å². The van der Waals surface area contributed by atoms with Crippen molar-refractivity contribution in [2.24, 2.45) is 11.8 Å². The van der Waals surface area contributed by atoms with Crippen LogP contribution < -0.4 is 5.32 Å². The fourth-order valence-corrected chi connectivity index (χ4v) is 5.81. The minimum absolute atomic E-state index is 0.000384.